The van der Waals surface area contributed by atoms with Crippen LogP contribution in [-0.2, 0) is 4.79 Å². The van der Waals surface area contributed by atoms with Crippen LogP contribution in [0, 0.1) is 12.3 Å². The van der Waals surface area contributed by atoms with Crippen molar-refractivity contribution in [2.45, 2.75) is 13.8 Å². The van der Waals surface area contributed by atoms with Crippen LogP contribution in [0.5, 0.6) is 0 Å². The number of para-hydroxylation sites is 3. The monoisotopic (exact) mass is 356 g/mol. The second-order valence-electron chi connectivity index (χ2n) is 6.55. The molecule has 134 valence electrons. The Labute approximate surface area is 156 Å². The quantitative estimate of drug-likeness (QED) is 0.501. The standard InChI is InChI=1S/C22H20N4O/c1-14-13-16(17-7-3-4-8-18(17)24-15(2)27)11-12-20(14)26-21-10-6-5-9-19(21)25-22(26)23/h3-13H,1-2H3,(H2,23,25)(H,24,27). The lowest BCUT2D eigenvalue weighted by molar-refractivity contribution is -0.114. The van der Waals surface area contributed by atoms with Gasteiger partial charge in [-0.2, -0.15) is 0 Å². The van der Waals surface area contributed by atoms with Crippen LogP contribution in [-0.4, -0.2) is 15.5 Å². The number of nitrogens with one attached hydrogen (secondary N) is 3. The highest BCUT2D eigenvalue weighted by Crippen LogP contribution is 2.30. The maximum Gasteiger partial charge on any atom is 0.221 e. The number of hydrogen-bond donors (Lipinski definition) is 3. The SMILES string of the molecule is CC(=O)Nc1ccccc1-c1ccc(-n2c(=N)[nH]c3ccccc32)c(C)c1. The van der Waals surface area contributed by atoms with E-state index < -0.39 is 0 Å². The minimum atomic E-state index is -0.0935. The Balaban J connectivity index is 1.84. The number of imidazole rings is 1. The molecule has 1 aromatic heterocycles. The molecule has 0 aliphatic rings. The molecule has 27 heavy (non-hydrogen) atoms. The van der Waals surface area contributed by atoms with Crippen LogP contribution in [0.15, 0.2) is 66.7 Å². The number of nitrogens with zero attached hydrogens (tertiary/aromatic N) is 1. The van der Waals surface area contributed by atoms with E-state index in [2.05, 4.69) is 16.4 Å². The molecule has 0 fully saturated rings. The third-order valence-corrected chi connectivity index (χ3v) is 4.61. The average molecular weight is 356 g/mol. The molecular formula is C22H20N4O. The van der Waals surface area contributed by atoms with Gasteiger partial charge in [0.2, 0.25) is 11.5 Å². The normalized spacial score (nSPS) is 10.9. The fraction of sp³-hybridized carbons (Fsp3) is 0.0909. The first kappa shape index (κ1) is 16.8. The number of rotatable bonds is 3. The number of aromatic amines is 1. The maximum absolute atomic E-state index is 11.5. The molecule has 0 spiro atoms. The molecule has 0 atom stereocenters. The van der Waals surface area contributed by atoms with Crippen LogP contribution in [0.2, 0.25) is 0 Å². The van der Waals surface area contributed by atoms with Gasteiger partial charge in [0.25, 0.3) is 0 Å². The number of carbonyl (C=O) groups is 1. The van der Waals surface area contributed by atoms with Gasteiger partial charge >= 0.3 is 0 Å². The van der Waals surface area contributed by atoms with E-state index in [-0.39, 0.29) is 5.91 Å². The summed E-state index contributed by atoms with van der Waals surface area (Å²) >= 11 is 0. The molecule has 5 nitrogen and oxygen atoms in total. The van der Waals surface area contributed by atoms with E-state index in [1.165, 1.54) is 6.92 Å². The number of carbonyl (C=O) groups excluding carboxylic acids is 1. The van der Waals surface area contributed by atoms with Crippen LogP contribution in [0.4, 0.5) is 5.69 Å². The summed E-state index contributed by atoms with van der Waals surface area (Å²) in [6.45, 7) is 3.54. The molecule has 0 bridgehead atoms. The minimum absolute atomic E-state index is 0.0935. The van der Waals surface area contributed by atoms with Gasteiger partial charge in [-0.1, -0.05) is 36.4 Å². The summed E-state index contributed by atoms with van der Waals surface area (Å²) in [5.74, 6) is -0.0935. The largest absolute Gasteiger partial charge is 0.326 e. The summed E-state index contributed by atoms with van der Waals surface area (Å²) in [6.07, 6.45) is 0. The molecule has 0 saturated heterocycles. The number of anilines is 1. The van der Waals surface area contributed by atoms with Crippen LogP contribution >= 0.6 is 0 Å². The number of hydrogen-bond acceptors (Lipinski definition) is 2. The molecule has 1 heterocycles. The molecular weight excluding hydrogens is 336 g/mol. The summed E-state index contributed by atoms with van der Waals surface area (Å²) < 4.78 is 1.91. The zero-order chi connectivity index (χ0) is 19.0. The van der Waals surface area contributed by atoms with E-state index in [9.17, 15) is 4.79 Å². The third kappa shape index (κ3) is 3.04. The van der Waals surface area contributed by atoms with Gasteiger partial charge in [0.05, 0.1) is 16.7 Å². The zero-order valence-electron chi connectivity index (χ0n) is 15.2. The number of fused-ring (bicyclic) bond motifs is 1. The van der Waals surface area contributed by atoms with E-state index in [1.54, 1.807) is 0 Å². The third-order valence-electron chi connectivity index (χ3n) is 4.61. The van der Waals surface area contributed by atoms with Crippen LogP contribution in [0.25, 0.3) is 27.8 Å². The van der Waals surface area contributed by atoms with E-state index in [0.29, 0.717) is 5.62 Å². The first-order valence-corrected chi connectivity index (χ1v) is 8.77. The second-order valence-corrected chi connectivity index (χ2v) is 6.55. The van der Waals surface area contributed by atoms with Crippen molar-refractivity contribution in [1.82, 2.24) is 9.55 Å². The Hall–Kier alpha value is -3.60. The fourth-order valence-electron chi connectivity index (χ4n) is 3.44. The fourth-order valence-corrected chi connectivity index (χ4v) is 3.44. The summed E-state index contributed by atoms with van der Waals surface area (Å²) in [5, 5.41) is 11.2. The highest BCUT2D eigenvalue weighted by Gasteiger charge is 2.11. The molecule has 5 heteroatoms. The molecule has 3 aromatic carbocycles. The highest BCUT2D eigenvalue weighted by atomic mass is 16.1. The molecule has 0 saturated carbocycles. The Kier molecular flexibility index (Phi) is 4.12. The van der Waals surface area contributed by atoms with Crippen molar-refractivity contribution in [3.63, 3.8) is 0 Å². The van der Waals surface area contributed by atoms with Gasteiger partial charge in [0.1, 0.15) is 0 Å². The number of amides is 1. The van der Waals surface area contributed by atoms with Crippen molar-refractivity contribution >= 4 is 22.6 Å². The van der Waals surface area contributed by atoms with E-state index in [0.717, 1.165) is 39.1 Å². The van der Waals surface area contributed by atoms with Crippen LogP contribution in [0.3, 0.4) is 0 Å². The van der Waals surface area contributed by atoms with Gasteiger partial charge in [-0.3, -0.25) is 14.8 Å². The molecule has 1 amide bonds. The summed E-state index contributed by atoms with van der Waals surface area (Å²) in [7, 11) is 0. The summed E-state index contributed by atoms with van der Waals surface area (Å²) in [4.78, 5) is 14.6. The molecule has 3 N–H and O–H groups in total. The molecule has 0 aliphatic heterocycles. The first-order valence-electron chi connectivity index (χ1n) is 8.77. The van der Waals surface area contributed by atoms with E-state index >= 15 is 0 Å². The summed E-state index contributed by atoms with van der Waals surface area (Å²) in [5.41, 5.74) is 7.03. The van der Waals surface area contributed by atoms with Crippen molar-refractivity contribution in [3.05, 3.63) is 77.9 Å². The molecule has 4 rings (SSSR count). The molecule has 4 aromatic rings. The predicted molar refractivity (Wildman–Crippen MR) is 108 cm³/mol. The Morgan fingerprint density at radius 2 is 1.78 bits per heavy atom. The van der Waals surface area contributed by atoms with Gasteiger partial charge in [0, 0.05) is 18.2 Å². The van der Waals surface area contributed by atoms with Crippen molar-refractivity contribution < 1.29 is 4.79 Å². The highest BCUT2D eigenvalue weighted by molar-refractivity contribution is 5.94. The Morgan fingerprint density at radius 3 is 2.56 bits per heavy atom. The molecule has 0 radical (unpaired) electrons. The van der Waals surface area contributed by atoms with Gasteiger partial charge < -0.3 is 10.3 Å². The smallest absolute Gasteiger partial charge is 0.221 e. The van der Waals surface area contributed by atoms with Crippen molar-refractivity contribution in [2.75, 3.05) is 5.32 Å². The van der Waals surface area contributed by atoms with Gasteiger partial charge in [-0.05, 0) is 48.4 Å². The predicted octanol–water partition coefficient (Wildman–Crippen LogP) is 4.37. The lowest BCUT2D eigenvalue weighted by atomic mass is 10.0. The lowest BCUT2D eigenvalue weighted by Crippen LogP contribution is -2.15. The van der Waals surface area contributed by atoms with Crippen LogP contribution in [0.1, 0.15) is 12.5 Å². The molecule has 0 aliphatic carbocycles. The first-order chi connectivity index (χ1) is 13.0. The second kappa shape index (κ2) is 6.61. The van der Waals surface area contributed by atoms with Gasteiger partial charge in [-0.25, -0.2) is 0 Å². The zero-order valence-corrected chi connectivity index (χ0v) is 15.2. The lowest BCUT2D eigenvalue weighted by Gasteiger charge is -2.13. The Bertz CT molecular complexity index is 1220. The molecule has 0 unspecified atom stereocenters. The Morgan fingerprint density at radius 1 is 1.04 bits per heavy atom. The maximum atomic E-state index is 11.5. The number of aryl methyl sites for hydroxylation is 1. The number of H-pyrrole nitrogens is 1. The van der Waals surface area contributed by atoms with Gasteiger partial charge in [0.15, 0.2) is 0 Å². The topological polar surface area (TPSA) is 73.7 Å². The van der Waals surface area contributed by atoms with Crippen LogP contribution < -0.4 is 10.9 Å². The summed E-state index contributed by atoms with van der Waals surface area (Å²) in [6, 6.07) is 21.8. The van der Waals surface area contributed by atoms with Crippen molar-refractivity contribution in [2.24, 2.45) is 0 Å². The van der Waals surface area contributed by atoms with E-state index in [1.807, 2.05) is 72.2 Å². The van der Waals surface area contributed by atoms with Crippen molar-refractivity contribution in [1.29, 1.82) is 5.41 Å². The van der Waals surface area contributed by atoms with Gasteiger partial charge in [-0.15, -0.1) is 0 Å². The van der Waals surface area contributed by atoms with Crippen molar-refractivity contribution in [3.8, 4) is 16.8 Å². The minimum Gasteiger partial charge on any atom is -0.326 e. The average Bonchev–Trinajstić information content (AvgIpc) is 2.97. The number of aromatic nitrogens is 2. The van der Waals surface area contributed by atoms with E-state index in [4.69, 9.17) is 5.41 Å². The number of benzene rings is 3.